The van der Waals surface area contributed by atoms with Crippen LogP contribution in [0.25, 0.3) is 0 Å². The maximum absolute atomic E-state index is 12.8. The highest BCUT2D eigenvalue weighted by molar-refractivity contribution is 7.92. The number of unbranched alkanes of at least 4 members (excludes halogenated alkanes) is 1. The summed E-state index contributed by atoms with van der Waals surface area (Å²) in [5, 5.41) is 0. The zero-order chi connectivity index (χ0) is 20.0. The number of hydrogen-bond acceptors (Lipinski definition) is 4. The lowest BCUT2D eigenvalue weighted by atomic mass is 10.1. The Morgan fingerprint density at radius 3 is 2.50 bits per heavy atom. The van der Waals surface area contributed by atoms with Gasteiger partial charge in [0, 0.05) is 24.3 Å². The van der Waals surface area contributed by atoms with E-state index in [0.717, 1.165) is 19.3 Å². The van der Waals surface area contributed by atoms with Gasteiger partial charge >= 0.3 is 0 Å². The van der Waals surface area contributed by atoms with Gasteiger partial charge in [0.05, 0.1) is 18.1 Å². The Hall–Kier alpha value is -2.38. The summed E-state index contributed by atoms with van der Waals surface area (Å²) in [5.41, 5.74) is 2.05. The van der Waals surface area contributed by atoms with Crippen molar-refractivity contribution < 1.29 is 17.9 Å². The van der Waals surface area contributed by atoms with E-state index < -0.39 is 10.0 Å². The Labute approximate surface area is 166 Å². The van der Waals surface area contributed by atoms with E-state index >= 15 is 0 Å². The second kappa shape index (κ2) is 9.21. The van der Waals surface area contributed by atoms with Crippen molar-refractivity contribution in [1.29, 1.82) is 0 Å². The van der Waals surface area contributed by atoms with Crippen LogP contribution in [0.5, 0.6) is 0 Å². The highest BCUT2D eigenvalue weighted by Gasteiger charge is 2.21. The van der Waals surface area contributed by atoms with Crippen molar-refractivity contribution in [2.75, 3.05) is 31.0 Å². The van der Waals surface area contributed by atoms with Crippen LogP contribution in [0.1, 0.15) is 35.7 Å². The van der Waals surface area contributed by atoms with Crippen LogP contribution in [-0.2, 0) is 21.2 Å². The lowest BCUT2D eigenvalue weighted by Gasteiger charge is -2.27. The highest BCUT2D eigenvalue weighted by Crippen LogP contribution is 2.19. The first-order valence-electron chi connectivity index (χ1n) is 9.58. The predicted octanol–water partition coefficient (Wildman–Crippen LogP) is 3.30. The Balaban J connectivity index is 1.73. The molecule has 0 bridgehead atoms. The quantitative estimate of drug-likeness (QED) is 0.771. The van der Waals surface area contributed by atoms with Crippen molar-refractivity contribution in [2.24, 2.45) is 0 Å². The van der Waals surface area contributed by atoms with Gasteiger partial charge in [-0.3, -0.25) is 9.52 Å². The Kier molecular flexibility index (Phi) is 6.70. The van der Waals surface area contributed by atoms with E-state index in [1.54, 1.807) is 29.2 Å². The van der Waals surface area contributed by atoms with Gasteiger partial charge in [0.15, 0.2) is 0 Å². The van der Waals surface area contributed by atoms with Crippen molar-refractivity contribution in [3.05, 3.63) is 59.7 Å². The number of amides is 1. The molecule has 2 aromatic rings. The Morgan fingerprint density at radius 2 is 1.82 bits per heavy atom. The highest BCUT2D eigenvalue weighted by atomic mass is 32.2. The molecule has 0 radical (unpaired) electrons. The fourth-order valence-electron chi connectivity index (χ4n) is 3.08. The van der Waals surface area contributed by atoms with E-state index in [2.05, 4.69) is 11.6 Å². The van der Waals surface area contributed by atoms with E-state index in [0.29, 0.717) is 37.6 Å². The number of carbonyl (C=O) groups is 1. The third-order valence-corrected chi connectivity index (χ3v) is 6.09. The molecule has 3 rings (SSSR count). The molecule has 0 aliphatic carbocycles. The average Bonchev–Trinajstić information content (AvgIpc) is 2.73. The molecular formula is C21H26N2O4S. The summed E-state index contributed by atoms with van der Waals surface area (Å²) in [6.45, 7) is 4.16. The van der Waals surface area contributed by atoms with Gasteiger partial charge < -0.3 is 9.64 Å². The van der Waals surface area contributed by atoms with Gasteiger partial charge in [-0.25, -0.2) is 8.42 Å². The molecule has 0 spiro atoms. The second-order valence-corrected chi connectivity index (χ2v) is 8.52. The molecular weight excluding hydrogens is 376 g/mol. The largest absolute Gasteiger partial charge is 0.378 e. The number of hydrogen-bond donors (Lipinski definition) is 1. The van der Waals surface area contributed by atoms with E-state index in [1.165, 1.54) is 17.7 Å². The number of ether oxygens (including phenoxy) is 1. The monoisotopic (exact) mass is 402 g/mol. The van der Waals surface area contributed by atoms with Gasteiger partial charge in [0.2, 0.25) is 0 Å². The van der Waals surface area contributed by atoms with Crippen LogP contribution in [0.2, 0.25) is 0 Å². The number of rotatable bonds is 7. The fourth-order valence-corrected chi connectivity index (χ4v) is 4.18. The number of aryl methyl sites for hydroxylation is 1. The normalized spacial score (nSPS) is 14.7. The molecule has 1 N–H and O–H groups in total. The molecule has 28 heavy (non-hydrogen) atoms. The van der Waals surface area contributed by atoms with Crippen molar-refractivity contribution in [3.8, 4) is 0 Å². The first-order valence-corrected chi connectivity index (χ1v) is 11.1. The molecule has 1 aliphatic rings. The standard InChI is InChI=1S/C21H26N2O4S/c1-2-3-5-17-8-10-19(11-9-17)22-28(25,26)20-7-4-6-18(16-20)21(24)23-12-14-27-15-13-23/h4,6-11,16,22H,2-3,5,12-15H2,1H3. The number of nitrogens with one attached hydrogen (secondary N) is 1. The van der Waals surface area contributed by atoms with Crippen LogP contribution in [-0.4, -0.2) is 45.5 Å². The molecule has 6 nitrogen and oxygen atoms in total. The van der Waals surface area contributed by atoms with Crippen LogP contribution in [0, 0.1) is 0 Å². The first kappa shape index (κ1) is 20.4. The van der Waals surface area contributed by atoms with Gasteiger partial charge in [-0.1, -0.05) is 31.5 Å². The summed E-state index contributed by atoms with van der Waals surface area (Å²) in [7, 11) is -3.78. The summed E-state index contributed by atoms with van der Waals surface area (Å²) < 4.78 is 33.4. The van der Waals surface area contributed by atoms with Gasteiger partial charge in [-0.2, -0.15) is 0 Å². The van der Waals surface area contributed by atoms with Crippen molar-refractivity contribution in [1.82, 2.24) is 4.90 Å². The third kappa shape index (κ3) is 5.11. The second-order valence-electron chi connectivity index (χ2n) is 6.84. The van der Waals surface area contributed by atoms with Crippen LogP contribution in [0.4, 0.5) is 5.69 Å². The average molecular weight is 403 g/mol. The minimum atomic E-state index is -3.78. The smallest absolute Gasteiger partial charge is 0.261 e. The lowest BCUT2D eigenvalue weighted by molar-refractivity contribution is 0.0302. The predicted molar refractivity (Wildman–Crippen MR) is 109 cm³/mol. The van der Waals surface area contributed by atoms with Crippen LogP contribution in [0.15, 0.2) is 53.4 Å². The van der Waals surface area contributed by atoms with E-state index in [1.807, 2.05) is 12.1 Å². The van der Waals surface area contributed by atoms with Crippen molar-refractivity contribution >= 4 is 21.6 Å². The molecule has 1 fully saturated rings. The SMILES string of the molecule is CCCCc1ccc(NS(=O)(=O)c2cccc(C(=O)N3CCOCC3)c2)cc1. The maximum Gasteiger partial charge on any atom is 0.261 e. The number of anilines is 1. The van der Waals surface area contributed by atoms with Gasteiger partial charge in [0.25, 0.3) is 15.9 Å². The summed E-state index contributed by atoms with van der Waals surface area (Å²) in [4.78, 5) is 14.4. The van der Waals surface area contributed by atoms with Crippen LogP contribution < -0.4 is 4.72 Å². The van der Waals surface area contributed by atoms with Crippen LogP contribution >= 0.6 is 0 Å². The summed E-state index contributed by atoms with van der Waals surface area (Å²) in [6.07, 6.45) is 3.21. The maximum atomic E-state index is 12.8. The van der Waals surface area contributed by atoms with E-state index in [4.69, 9.17) is 4.74 Å². The Morgan fingerprint density at radius 1 is 1.11 bits per heavy atom. The zero-order valence-electron chi connectivity index (χ0n) is 16.1. The minimum Gasteiger partial charge on any atom is -0.378 e. The number of carbonyl (C=O) groups excluding carboxylic acids is 1. The Bertz CT molecular complexity index is 904. The lowest BCUT2D eigenvalue weighted by Crippen LogP contribution is -2.40. The van der Waals surface area contributed by atoms with Gasteiger partial charge in [-0.05, 0) is 48.7 Å². The molecule has 0 aromatic heterocycles. The minimum absolute atomic E-state index is 0.0710. The van der Waals surface area contributed by atoms with Crippen molar-refractivity contribution in [2.45, 2.75) is 31.1 Å². The first-order chi connectivity index (χ1) is 13.5. The molecule has 1 saturated heterocycles. The molecule has 150 valence electrons. The van der Waals surface area contributed by atoms with E-state index in [-0.39, 0.29) is 10.8 Å². The van der Waals surface area contributed by atoms with Gasteiger partial charge in [-0.15, -0.1) is 0 Å². The summed E-state index contributed by atoms with van der Waals surface area (Å²) in [6, 6.07) is 13.6. The zero-order valence-corrected chi connectivity index (χ0v) is 16.9. The molecule has 1 aliphatic heterocycles. The van der Waals surface area contributed by atoms with Crippen molar-refractivity contribution in [3.63, 3.8) is 0 Å². The number of nitrogens with zero attached hydrogens (tertiary/aromatic N) is 1. The summed E-state index contributed by atoms with van der Waals surface area (Å²) in [5.74, 6) is -0.180. The fraction of sp³-hybridized carbons (Fsp3) is 0.381. The molecule has 0 unspecified atom stereocenters. The molecule has 7 heteroatoms. The third-order valence-electron chi connectivity index (χ3n) is 4.71. The molecule has 2 aromatic carbocycles. The van der Waals surface area contributed by atoms with Gasteiger partial charge in [0.1, 0.15) is 0 Å². The van der Waals surface area contributed by atoms with E-state index in [9.17, 15) is 13.2 Å². The topological polar surface area (TPSA) is 75.7 Å². The molecule has 1 amide bonds. The molecule has 0 atom stereocenters. The number of benzene rings is 2. The summed E-state index contributed by atoms with van der Waals surface area (Å²) >= 11 is 0. The number of morpholine rings is 1. The molecule has 1 heterocycles. The molecule has 0 saturated carbocycles. The van der Waals surface area contributed by atoms with Crippen LogP contribution in [0.3, 0.4) is 0 Å². The number of sulfonamides is 1.